The Hall–Kier alpha value is -2.24. The van der Waals surface area contributed by atoms with Gasteiger partial charge in [-0.25, -0.2) is 0 Å². The summed E-state index contributed by atoms with van der Waals surface area (Å²) in [5.74, 6) is 2.02. The van der Waals surface area contributed by atoms with Crippen LogP contribution in [0.2, 0.25) is 0 Å². The lowest BCUT2D eigenvalue weighted by molar-refractivity contribution is 0.154. The predicted molar refractivity (Wildman–Crippen MR) is 127 cm³/mol. The van der Waals surface area contributed by atoms with E-state index in [0.29, 0.717) is 17.2 Å². The first-order valence-corrected chi connectivity index (χ1v) is 11.4. The van der Waals surface area contributed by atoms with Crippen LogP contribution >= 0.6 is 0 Å². The Kier molecular flexibility index (Phi) is 8.61. The number of methoxy groups -OCH3 is 3. The van der Waals surface area contributed by atoms with Gasteiger partial charge in [-0.15, -0.1) is 0 Å². The number of unbranched alkanes of at least 4 members (excludes halogenated alkanes) is 1. The fourth-order valence-corrected chi connectivity index (χ4v) is 4.63. The Morgan fingerprint density at radius 1 is 0.935 bits per heavy atom. The summed E-state index contributed by atoms with van der Waals surface area (Å²) in [6.07, 6.45) is 4.92. The van der Waals surface area contributed by atoms with Crippen LogP contribution in [0.4, 0.5) is 0 Å². The third kappa shape index (κ3) is 5.72. The second kappa shape index (κ2) is 11.4. The van der Waals surface area contributed by atoms with Crippen molar-refractivity contribution in [1.82, 2.24) is 10.2 Å². The smallest absolute Gasteiger partial charge is 0.203 e. The van der Waals surface area contributed by atoms with Crippen LogP contribution in [-0.4, -0.2) is 52.4 Å². The zero-order chi connectivity index (χ0) is 22.1. The summed E-state index contributed by atoms with van der Waals surface area (Å²) in [7, 11) is 4.95. The standard InChI is InChI=1S/C26H38N2O3/c1-5-6-14-28-15-12-26(13-16-28,22-10-8-7-9-11-22)20-27-19-21-17-23(29-2)25(31-4)24(18-21)30-3/h7-11,17-18,27H,5-6,12-16,19-20H2,1-4H3. The van der Waals surface area contributed by atoms with Crippen molar-refractivity contribution >= 4 is 0 Å². The maximum absolute atomic E-state index is 5.51. The molecule has 1 heterocycles. The minimum Gasteiger partial charge on any atom is -0.493 e. The van der Waals surface area contributed by atoms with E-state index in [0.717, 1.165) is 18.7 Å². The van der Waals surface area contributed by atoms with Crippen LogP contribution in [0, 0.1) is 0 Å². The van der Waals surface area contributed by atoms with Crippen molar-refractivity contribution in [3.8, 4) is 17.2 Å². The van der Waals surface area contributed by atoms with Crippen molar-refractivity contribution in [2.45, 2.75) is 44.6 Å². The second-order valence-electron chi connectivity index (χ2n) is 8.48. The number of hydrogen-bond acceptors (Lipinski definition) is 5. The number of likely N-dealkylation sites (tertiary alicyclic amines) is 1. The van der Waals surface area contributed by atoms with Crippen LogP contribution in [0.3, 0.4) is 0 Å². The number of rotatable bonds is 11. The number of nitrogens with zero attached hydrogens (tertiary/aromatic N) is 1. The van der Waals surface area contributed by atoms with Gasteiger partial charge in [0.25, 0.3) is 0 Å². The molecule has 5 nitrogen and oxygen atoms in total. The molecule has 0 aromatic heterocycles. The fraction of sp³-hybridized carbons (Fsp3) is 0.538. The van der Waals surface area contributed by atoms with E-state index >= 15 is 0 Å². The van der Waals surface area contributed by atoms with Gasteiger partial charge in [-0.1, -0.05) is 43.7 Å². The fourth-order valence-electron chi connectivity index (χ4n) is 4.63. The lowest BCUT2D eigenvalue weighted by Gasteiger charge is -2.42. The molecule has 1 aliphatic heterocycles. The van der Waals surface area contributed by atoms with E-state index in [4.69, 9.17) is 14.2 Å². The number of piperidine rings is 1. The van der Waals surface area contributed by atoms with Gasteiger partial charge < -0.3 is 24.4 Å². The van der Waals surface area contributed by atoms with E-state index in [1.54, 1.807) is 21.3 Å². The van der Waals surface area contributed by atoms with Crippen LogP contribution in [-0.2, 0) is 12.0 Å². The van der Waals surface area contributed by atoms with E-state index in [9.17, 15) is 0 Å². The Morgan fingerprint density at radius 3 is 2.13 bits per heavy atom. The number of benzene rings is 2. The molecule has 0 radical (unpaired) electrons. The van der Waals surface area contributed by atoms with Gasteiger partial charge in [0.1, 0.15) is 0 Å². The Morgan fingerprint density at radius 2 is 1.58 bits per heavy atom. The van der Waals surface area contributed by atoms with Gasteiger partial charge in [-0.2, -0.15) is 0 Å². The average Bonchev–Trinajstić information content (AvgIpc) is 2.83. The number of nitrogens with one attached hydrogen (secondary N) is 1. The largest absolute Gasteiger partial charge is 0.493 e. The summed E-state index contributed by atoms with van der Waals surface area (Å²) >= 11 is 0. The molecular formula is C26H38N2O3. The molecule has 0 atom stereocenters. The van der Waals surface area contributed by atoms with Crippen molar-refractivity contribution in [3.63, 3.8) is 0 Å². The van der Waals surface area contributed by atoms with Crippen LogP contribution < -0.4 is 19.5 Å². The normalized spacial score (nSPS) is 16.1. The minimum atomic E-state index is 0.171. The lowest BCUT2D eigenvalue weighted by Crippen LogP contribution is -2.48. The van der Waals surface area contributed by atoms with Crippen LogP contribution in [0.25, 0.3) is 0 Å². The van der Waals surface area contributed by atoms with E-state index in [1.165, 1.54) is 50.9 Å². The molecular weight excluding hydrogens is 388 g/mol. The first-order valence-electron chi connectivity index (χ1n) is 11.4. The molecule has 170 valence electrons. The van der Waals surface area contributed by atoms with Gasteiger partial charge in [0, 0.05) is 18.5 Å². The topological polar surface area (TPSA) is 43.0 Å². The van der Waals surface area contributed by atoms with Gasteiger partial charge in [0.15, 0.2) is 11.5 Å². The quantitative estimate of drug-likeness (QED) is 0.567. The molecule has 0 spiro atoms. The molecule has 0 bridgehead atoms. The highest BCUT2D eigenvalue weighted by Crippen LogP contribution is 2.39. The monoisotopic (exact) mass is 426 g/mol. The molecule has 0 unspecified atom stereocenters. The summed E-state index contributed by atoms with van der Waals surface area (Å²) in [5, 5.41) is 3.74. The van der Waals surface area contributed by atoms with Gasteiger partial charge in [0.05, 0.1) is 21.3 Å². The molecule has 0 saturated carbocycles. The first kappa shape index (κ1) is 23.4. The third-order valence-electron chi connectivity index (χ3n) is 6.54. The van der Waals surface area contributed by atoms with E-state index < -0.39 is 0 Å². The van der Waals surface area contributed by atoms with E-state index in [2.05, 4.69) is 47.5 Å². The van der Waals surface area contributed by atoms with Crippen molar-refractivity contribution < 1.29 is 14.2 Å². The third-order valence-corrected chi connectivity index (χ3v) is 6.54. The van der Waals surface area contributed by atoms with Gasteiger partial charge in [-0.05, 0) is 62.2 Å². The molecule has 1 N–H and O–H groups in total. The highest BCUT2D eigenvalue weighted by Gasteiger charge is 2.35. The van der Waals surface area contributed by atoms with Crippen molar-refractivity contribution in [2.24, 2.45) is 0 Å². The van der Waals surface area contributed by atoms with Crippen LogP contribution in [0.1, 0.15) is 43.7 Å². The van der Waals surface area contributed by atoms with Crippen LogP contribution in [0.15, 0.2) is 42.5 Å². The lowest BCUT2D eigenvalue weighted by atomic mass is 9.72. The van der Waals surface area contributed by atoms with Crippen molar-refractivity contribution in [2.75, 3.05) is 47.5 Å². The van der Waals surface area contributed by atoms with E-state index in [1.807, 2.05) is 12.1 Å². The molecule has 31 heavy (non-hydrogen) atoms. The Bertz CT molecular complexity index is 777. The first-order chi connectivity index (χ1) is 15.2. The van der Waals surface area contributed by atoms with Crippen LogP contribution in [0.5, 0.6) is 17.2 Å². The summed E-state index contributed by atoms with van der Waals surface area (Å²) < 4.78 is 16.5. The molecule has 1 saturated heterocycles. The molecule has 2 aromatic rings. The van der Waals surface area contributed by atoms with Gasteiger partial charge in [-0.3, -0.25) is 0 Å². The second-order valence-corrected chi connectivity index (χ2v) is 8.48. The average molecular weight is 427 g/mol. The summed E-state index contributed by atoms with van der Waals surface area (Å²) in [6.45, 7) is 7.53. The predicted octanol–water partition coefficient (Wildman–Crippen LogP) is 4.64. The maximum Gasteiger partial charge on any atom is 0.203 e. The maximum atomic E-state index is 5.51. The summed E-state index contributed by atoms with van der Waals surface area (Å²) in [4.78, 5) is 2.63. The summed E-state index contributed by atoms with van der Waals surface area (Å²) in [6, 6.07) is 15.1. The van der Waals surface area contributed by atoms with Crippen molar-refractivity contribution in [1.29, 1.82) is 0 Å². The van der Waals surface area contributed by atoms with Crippen molar-refractivity contribution in [3.05, 3.63) is 53.6 Å². The van der Waals surface area contributed by atoms with E-state index in [-0.39, 0.29) is 5.41 Å². The molecule has 0 aliphatic carbocycles. The molecule has 1 fully saturated rings. The molecule has 2 aromatic carbocycles. The Labute approximate surface area is 187 Å². The SMILES string of the molecule is CCCCN1CCC(CNCc2cc(OC)c(OC)c(OC)c2)(c2ccccc2)CC1. The summed E-state index contributed by atoms with van der Waals surface area (Å²) in [5.41, 5.74) is 2.74. The number of hydrogen-bond donors (Lipinski definition) is 1. The molecule has 3 rings (SSSR count). The Balaban J connectivity index is 1.71. The van der Waals surface area contributed by atoms with Gasteiger partial charge >= 0.3 is 0 Å². The minimum absolute atomic E-state index is 0.171. The molecule has 5 heteroatoms. The highest BCUT2D eigenvalue weighted by molar-refractivity contribution is 5.53. The molecule has 1 aliphatic rings. The number of ether oxygens (including phenoxy) is 3. The zero-order valence-electron chi connectivity index (χ0n) is 19.6. The molecule has 0 amide bonds. The van der Waals surface area contributed by atoms with Gasteiger partial charge in [0.2, 0.25) is 5.75 Å². The highest BCUT2D eigenvalue weighted by atomic mass is 16.5. The zero-order valence-corrected chi connectivity index (χ0v) is 19.6.